The van der Waals surface area contributed by atoms with Crippen LogP contribution in [-0.4, -0.2) is 53.8 Å². The van der Waals surface area contributed by atoms with Gasteiger partial charge in [-0.1, -0.05) is 19.9 Å². The van der Waals surface area contributed by atoms with Gasteiger partial charge in [-0.3, -0.25) is 15.5 Å². The zero-order chi connectivity index (χ0) is 26.0. The molecule has 0 saturated heterocycles. The SMILES string of the molecule is COCC(=O)Nc1ccc(OS(=O)(=O)c2cccc(OCC(C)C)c2)cc1NC(=N)NC(=O)OC. The molecular weight excluding hydrogens is 480 g/mol. The molecule has 0 bridgehead atoms. The molecule has 0 aromatic heterocycles. The minimum Gasteiger partial charge on any atom is -0.493 e. The highest BCUT2D eigenvalue weighted by Crippen LogP contribution is 2.30. The predicted octanol–water partition coefficient (Wildman–Crippen LogP) is 2.78. The maximum atomic E-state index is 12.9. The minimum absolute atomic E-state index is 0.0672. The molecule has 190 valence electrons. The Balaban J connectivity index is 2.30. The van der Waals surface area contributed by atoms with Crippen LogP contribution in [0.1, 0.15) is 13.8 Å². The molecule has 0 aliphatic heterocycles. The van der Waals surface area contributed by atoms with Gasteiger partial charge in [-0.25, -0.2) is 4.79 Å². The average Bonchev–Trinajstić information content (AvgIpc) is 2.79. The third kappa shape index (κ3) is 8.79. The monoisotopic (exact) mass is 508 g/mol. The van der Waals surface area contributed by atoms with Gasteiger partial charge in [0, 0.05) is 19.2 Å². The number of amides is 2. The second-order valence-corrected chi connectivity index (χ2v) is 9.07. The van der Waals surface area contributed by atoms with Gasteiger partial charge in [0.25, 0.3) is 0 Å². The highest BCUT2D eigenvalue weighted by molar-refractivity contribution is 7.87. The Morgan fingerprint density at radius 1 is 1.00 bits per heavy atom. The summed E-state index contributed by atoms with van der Waals surface area (Å²) in [4.78, 5) is 23.2. The fourth-order valence-corrected chi connectivity index (χ4v) is 3.54. The van der Waals surface area contributed by atoms with E-state index < -0.39 is 28.1 Å². The van der Waals surface area contributed by atoms with E-state index in [0.29, 0.717) is 12.4 Å². The minimum atomic E-state index is -4.25. The number of guanidine groups is 1. The highest BCUT2D eigenvalue weighted by Gasteiger charge is 2.19. The van der Waals surface area contributed by atoms with E-state index in [-0.39, 0.29) is 34.5 Å². The molecule has 2 rings (SSSR count). The number of hydrogen-bond donors (Lipinski definition) is 4. The van der Waals surface area contributed by atoms with Crippen molar-refractivity contribution in [3.63, 3.8) is 0 Å². The first-order chi connectivity index (χ1) is 16.5. The molecule has 12 nitrogen and oxygen atoms in total. The smallest absolute Gasteiger partial charge is 0.413 e. The second kappa shape index (κ2) is 12.6. The normalized spacial score (nSPS) is 10.9. The molecule has 0 radical (unpaired) electrons. The summed E-state index contributed by atoms with van der Waals surface area (Å²) in [6, 6.07) is 9.83. The topological polar surface area (TPSA) is 165 Å². The Kier molecular flexibility index (Phi) is 9.85. The molecule has 4 N–H and O–H groups in total. The molecule has 2 aromatic rings. The van der Waals surface area contributed by atoms with Crippen molar-refractivity contribution >= 4 is 39.5 Å². The van der Waals surface area contributed by atoms with Crippen LogP contribution >= 0.6 is 0 Å². The van der Waals surface area contributed by atoms with Crippen molar-refractivity contribution in [2.75, 3.05) is 38.1 Å². The first kappa shape index (κ1) is 27.4. The summed E-state index contributed by atoms with van der Waals surface area (Å²) in [5.41, 5.74) is 0.245. The predicted molar refractivity (Wildman–Crippen MR) is 128 cm³/mol. The van der Waals surface area contributed by atoms with Gasteiger partial charge in [0.05, 0.1) is 25.1 Å². The van der Waals surface area contributed by atoms with Crippen LogP contribution in [0.5, 0.6) is 11.5 Å². The van der Waals surface area contributed by atoms with Crippen LogP contribution in [0, 0.1) is 11.3 Å². The number of anilines is 2. The summed E-state index contributed by atoms with van der Waals surface area (Å²) in [5, 5.41) is 15.1. The molecule has 0 atom stereocenters. The first-order valence-electron chi connectivity index (χ1n) is 10.3. The van der Waals surface area contributed by atoms with E-state index in [1.807, 2.05) is 13.8 Å². The summed E-state index contributed by atoms with van der Waals surface area (Å²) in [6.45, 7) is 4.12. The van der Waals surface area contributed by atoms with Gasteiger partial charge in [0.15, 0.2) is 0 Å². The van der Waals surface area contributed by atoms with Crippen molar-refractivity contribution in [1.29, 1.82) is 5.41 Å². The molecule has 0 unspecified atom stereocenters. The maximum absolute atomic E-state index is 12.9. The molecular formula is C22H28N4O8S. The van der Waals surface area contributed by atoms with Crippen LogP contribution in [0.2, 0.25) is 0 Å². The lowest BCUT2D eigenvalue weighted by molar-refractivity contribution is -0.119. The number of carbonyl (C=O) groups is 2. The Hall–Kier alpha value is -3.84. The zero-order valence-corrected chi connectivity index (χ0v) is 20.5. The number of benzene rings is 2. The summed E-state index contributed by atoms with van der Waals surface area (Å²) in [6.07, 6.45) is -0.901. The van der Waals surface area contributed by atoms with Crippen LogP contribution < -0.4 is 24.9 Å². The van der Waals surface area contributed by atoms with Gasteiger partial charge in [-0.2, -0.15) is 8.42 Å². The van der Waals surface area contributed by atoms with Crippen LogP contribution in [0.4, 0.5) is 16.2 Å². The Morgan fingerprint density at radius 3 is 2.40 bits per heavy atom. The number of rotatable bonds is 10. The Morgan fingerprint density at radius 2 is 1.74 bits per heavy atom. The lowest BCUT2D eigenvalue weighted by Crippen LogP contribution is -2.35. The second-order valence-electron chi connectivity index (χ2n) is 7.52. The molecule has 35 heavy (non-hydrogen) atoms. The van der Waals surface area contributed by atoms with Crippen molar-refractivity contribution in [3.05, 3.63) is 42.5 Å². The van der Waals surface area contributed by atoms with Crippen molar-refractivity contribution < 1.29 is 36.4 Å². The number of ether oxygens (including phenoxy) is 3. The highest BCUT2D eigenvalue weighted by atomic mass is 32.2. The molecule has 0 spiro atoms. The van der Waals surface area contributed by atoms with Crippen LogP contribution in [0.25, 0.3) is 0 Å². The maximum Gasteiger partial charge on any atom is 0.413 e. The van der Waals surface area contributed by atoms with Crippen molar-refractivity contribution in [1.82, 2.24) is 5.32 Å². The van der Waals surface area contributed by atoms with Gasteiger partial charge >= 0.3 is 16.2 Å². The lowest BCUT2D eigenvalue weighted by atomic mass is 10.2. The Bertz CT molecular complexity index is 1170. The number of alkyl carbamates (subject to hydrolysis) is 1. The summed E-state index contributed by atoms with van der Waals surface area (Å²) in [5.74, 6) is -0.467. The molecule has 0 saturated carbocycles. The van der Waals surface area contributed by atoms with Crippen molar-refractivity contribution in [2.24, 2.45) is 5.92 Å². The summed E-state index contributed by atoms with van der Waals surface area (Å²) < 4.78 is 45.8. The number of carbonyl (C=O) groups excluding carboxylic acids is 2. The number of nitrogens with one attached hydrogen (secondary N) is 4. The number of hydrogen-bond acceptors (Lipinski definition) is 9. The third-order valence-corrected chi connectivity index (χ3v) is 5.34. The zero-order valence-electron chi connectivity index (χ0n) is 19.7. The van der Waals surface area contributed by atoms with E-state index in [1.54, 1.807) is 6.07 Å². The van der Waals surface area contributed by atoms with Crippen LogP contribution in [0.3, 0.4) is 0 Å². The van der Waals surface area contributed by atoms with Gasteiger partial charge < -0.3 is 29.0 Å². The Labute approximate surface area is 203 Å². The van der Waals surface area contributed by atoms with E-state index in [9.17, 15) is 18.0 Å². The van der Waals surface area contributed by atoms with E-state index in [2.05, 4.69) is 20.7 Å². The molecule has 0 aliphatic carbocycles. The van der Waals surface area contributed by atoms with Gasteiger partial charge in [0.1, 0.15) is 23.0 Å². The van der Waals surface area contributed by atoms with E-state index >= 15 is 0 Å². The van der Waals surface area contributed by atoms with Gasteiger partial charge in [-0.15, -0.1) is 0 Å². The quantitative estimate of drug-likeness (QED) is 0.214. The summed E-state index contributed by atoms with van der Waals surface area (Å²) >= 11 is 0. The molecule has 13 heteroatoms. The van der Waals surface area contributed by atoms with Crippen molar-refractivity contribution in [3.8, 4) is 11.5 Å². The van der Waals surface area contributed by atoms with Crippen LogP contribution in [-0.2, 0) is 24.4 Å². The lowest BCUT2D eigenvalue weighted by Gasteiger charge is -2.16. The van der Waals surface area contributed by atoms with E-state index in [0.717, 1.165) is 7.11 Å². The van der Waals surface area contributed by atoms with Crippen LogP contribution in [0.15, 0.2) is 47.4 Å². The molecule has 0 aliphatic rings. The third-order valence-electron chi connectivity index (χ3n) is 4.10. The standard InChI is InChI=1S/C22H28N4O8S/c1-14(2)12-33-15-6-5-7-17(10-15)35(29,30)34-16-8-9-18(24-20(27)13-31-3)19(11-16)25-21(23)26-22(28)32-4/h5-11,14H,12-13H2,1-4H3,(H,24,27)(H3,23,25,26,28). The fourth-order valence-electron chi connectivity index (χ4n) is 2.58. The largest absolute Gasteiger partial charge is 0.493 e. The van der Waals surface area contributed by atoms with E-state index in [4.69, 9.17) is 19.1 Å². The summed E-state index contributed by atoms with van der Waals surface area (Å²) in [7, 11) is -1.77. The molecule has 0 heterocycles. The molecule has 2 aromatic carbocycles. The van der Waals surface area contributed by atoms with Gasteiger partial charge in [-0.05, 0) is 30.2 Å². The first-order valence-corrected chi connectivity index (χ1v) is 11.8. The van der Waals surface area contributed by atoms with Crippen molar-refractivity contribution in [2.45, 2.75) is 18.7 Å². The number of methoxy groups -OCH3 is 2. The molecule has 0 fully saturated rings. The fraction of sp³-hybridized carbons (Fsp3) is 0.318. The van der Waals surface area contributed by atoms with Gasteiger partial charge in [0.2, 0.25) is 11.9 Å². The average molecular weight is 509 g/mol. The molecule has 2 amide bonds. The van der Waals surface area contributed by atoms with E-state index in [1.165, 1.54) is 43.5 Å².